The highest BCUT2D eigenvalue weighted by Crippen LogP contribution is 2.40. The van der Waals surface area contributed by atoms with Gasteiger partial charge in [-0.3, -0.25) is 0 Å². The zero-order valence-corrected chi connectivity index (χ0v) is 19.6. The number of anilines is 2. The molecule has 0 atom stereocenters. The van der Waals surface area contributed by atoms with E-state index in [0.29, 0.717) is 61.8 Å². The van der Waals surface area contributed by atoms with Gasteiger partial charge in [-0.15, -0.1) is 0 Å². The van der Waals surface area contributed by atoms with Crippen LogP contribution in [0.1, 0.15) is 6.92 Å². The Morgan fingerprint density at radius 2 is 1.52 bits per heavy atom. The molecule has 0 spiro atoms. The number of nitrogens with zero attached hydrogens (tertiary/aromatic N) is 2. The van der Waals surface area contributed by atoms with Gasteiger partial charge in [-0.2, -0.15) is 9.97 Å². The molecule has 0 bridgehead atoms. The van der Waals surface area contributed by atoms with Crippen LogP contribution >= 0.6 is 23.2 Å². The highest BCUT2D eigenvalue weighted by Gasteiger charge is 2.19. The van der Waals surface area contributed by atoms with Crippen molar-refractivity contribution in [2.75, 3.05) is 57.7 Å². The third kappa shape index (κ3) is 6.55. The zero-order valence-electron chi connectivity index (χ0n) is 18.1. The number of hydrogen-bond acceptors (Lipinski definition) is 8. The largest absolute Gasteiger partial charge is 0.461 e. The Morgan fingerprint density at radius 1 is 0.879 bits per heavy atom. The Balaban J connectivity index is 1.67. The smallest absolute Gasteiger partial charge is 0.319 e. The predicted molar refractivity (Wildman–Crippen MR) is 127 cm³/mol. The van der Waals surface area contributed by atoms with Crippen LogP contribution in [-0.2, 0) is 14.2 Å². The van der Waals surface area contributed by atoms with Crippen LogP contribution in [0.5, 0.6) is 6.01 Å². The van der Waals surface area contributed by atoms with Gasteiger partial charge >= 0.3 is 6.01 Å². The number of aromatic nitrogens is 2. The molecule has 0 aliphatic heterocycles. The van der Waals surface area contributed by atoms with Gasteiger partial charge in [-0.25, -0.2) is 4.39 Å². The Bertz CT molecular complexity index is 1100. The minimum atomic E-state index is -0.595. The first kappa shape index (κ1) is 25.2. The summed E-state index contributed by atoms with van der Waals surface area (Å²) in [4.78, 5) is 8.55. The Morgan fingerprint density at radius 3 is 2.21 bits per heavy atom. The number of nitrogen functional groups attached to an aromatic ring is 2. The second-order valence-electron chi connectivity index (χ2n) is 6.83. The molecule has 33 heavy (non-hydrogen) atoms. The summed E-state index contributed by atoms with van der Waals surface area (Å²) in [7, 11) is 0. The molecule has 3 aromatic rings. The molecule has 0 saturated carbocycles. The predicted octanol–water partition coefficient (Wildman–Crippen LogP) is 4.36. The van der Waals surface area contributed by atoms with E-state index in [1.165, 1.54) is 6.07 Å². The Kier molecular flexibility index (Phi) is 9.28. The fourth-order valence-corrected chi connectivity index (χ4v) is 3.41. The summed E-state index contributed by atoms with van der Waals surface area (Å²) in [6, 6.07) is 5.85. The monoisotopic (exact) mass is 498 g/mol. The molecule has 1 heterocycles. The number of rotatable bonds is 12. The number of fused-ring (bicyclic) bond motifs is 1. The van der Waals surface area contributed by atoms with Crippen LogP contribution in [0.15, 0.2) is 24.3 Å². The Hall–Kier alpha value is -2.43. The van der Waals surface area contributed by atoms with Gasteiger partial charge in [-0.1, -0.05) is 23.2 Å². The summed E-state index contributed by atoms with van der Waals surface area (Å²) in [6.07, 6.45) is 0. The lowest BCUT2D eigenvalue weighted by molar-refractivity contribution is 0.0109. The second kappa shape index (κ2) is 12.2. The SMILES string of the molecule is CCOCCOCCOCCOc1nc(N)c2c(-c3cc(Cl)c(Cl)cc3F)c(N)ccc2n1. The maximum absolute atomic E-state index is 14.7. The first-order valence-corrected chi connectivity index (χ1v) is 11.0. The fourth-order valence-electron chi connectivity index (χ4n) is 3.09. The number of hydrogen-bond donors (Lipinski definition) is 2. The van der Waals surface area contributed by atoms with Gasteiger partial charge in [0.05, 0.1) is 54.0 Å². The third-order valence-corrected chi connectivity index (χ3v) is 5.31. The summed E-state index contributed by atoms with van der Waals surface area (Å²) in [5, 5.41) is 0.666. The molecule has 1 aromatic heterocycles. The van der Waals surface area contributed by atoms with E-state index in [1.807, 2.05) is 6.92 Å². The zero-order chi connectivity index (χ0) is 23.8. The molecule has 0 fully saturated rings. The van der Waals surface area contributed by atoms with Crippen molar-refractivity contribution >= 4 is 45.6 Å². The van der Waals surface area contributed by atoms with Gasteiger partial charge in [-0.05, 0) is 31.2 Å². The van der Waals surface area contributed by atoms with Crippen molar-refractivity contribution in [3.05, 3.63) is 40.1 Å². The van der Waals surface area contributed by atoms with Crippen molar-refractivity contribution in [3.63, 3.8) is 0 Å². The van der Waals surface area contributed by atoms with Crippen LogP contribution in [0.4, 0.5) is 15.9 Å². The summed E-state index contributed by atoms with van der Waals surface area (Å²) >= 11 is 12.0. The number of halogens is 3. The molecule has 3 rings (SSSR count). The maximum Gasteiger partial charge on any atom is 0.319 e. The van der Waals surface area contributed by atoms with Crippen molar-refractivity contribution < 1.29 is 23.3 Å². The maximum atomic E-state index is 14.7. The molecule has 11 heteroatoms. The highest BCUT2D eigenvalue weighted by atomic mass is 35.5. The van der Waals surface area contributed by atoms with Crippen molar-refractivity contribution in [2.24, 2.45) is 0 Å². The van der Waals surface area contributed by atoms with E-state index in [2.05, 4.69) is 9.97 Å². The van der Waals surface area contributed by atoms with Gasteiger partial charge in [0.1, 0.15) is 18.2 Å². The standard InChI is InChI=1S/C22H25Cl2FN4O4/c1-2-30-5-6-31-7-8-32-9-10-33-22-28-18-4-3-17(26)19(20(18)21(27)29-22)13-11-14(23)15(24)12-16(13)25/h3-4,11-12H,2,5-10,26H2,1H3,(H2,27,28,29). The minimum Gasteiger partial charge on any atom is -0.461 e. The molecule has 4 N–H and O–H groups in total. The second-order valence-corrected chi connectivity index (χ2v) is 7.65. The molecule has 2 aromatic carbocycles. The first-order chi connectivity index (χ1) is 15.9. The molecular weight excluding hydrogens is 474 g/mol. The summed E-state index contributed by atoms with van der Waals surface area (Å²) in [6.45, 7) is 5.10. The number of nitrogens with two attached hydrogens (primary N) is 2. The van der Waals surface area contributed by atoms with Gasteiger partial charge in [0.15, 0.2) is 0 Å². The van der Waals surface area contributed by atoms with Crippen molar-refractivity contribution in [2.45, 2.75) is 6.92 Å². The van der Waals surface area contributed by atoms with Gasteiger partial charge in [0.25, 0.3) is 0 Å². The van der Waals surface area contributed by atoms with E-state index in [4.69, 9.17) is 53.6 Å². The minimum absolute atomic E-state index is 0.0712. The fraction of sp³-hybridized carbons (Fsp3) is 0.364. The van der Waals surface area contributed by atoms with Crippen molar-refractivity contribution in [3.8, 4) is 17.1 Å². The van der Waals surface area contributed by atoms with E-state index in [1.54, 1.807) is 12.1 Å². The van der Waals surface area contributed by atoms with Gasteiger partial charge < -0.3 is 30.4 Å². The molecule has 0 amide bonds. The van der Waals surface area contributed by atoms with Crippen LogP contribution < -0.4 is 16.2 Å². The van der Waals surface area contributed by atoms with E-state index in [-0.39, 0.29) is 34.0 Å². The summed E-state index contributed by atoms with van der Waals surface area (Å²) in [5.74, 6) is -0.506. The van der Waals surface area contributed by atoms with E-state index in [0.717, 1.165) is 6.07 Å². The van der Waals surface area contributed by atoms with Crippen LogP contribution in [-0.4, -0.2) is 56.2 Å². The van der Waals surface area contributed by atoms with Crippen LogP contribution in [0.3, 0.4) is 0 Å². The molecule has 0 aliphatic rings. The van der Waals surface area contributed by atoms with Crippen molar-refractivity contribution in [1.82, 2.24) is 9.97 Å². The molecule has 0 unspecified atom stereocenters. The summed E-state index contributed by atoms with van der Waals surface area (Å²) < 4.78 is 36.2. The van der Waals surface area contributed by atoms with Crippen LogP contribution in [0.25, 0.3) is 22.0 Å². The molecule has 0 aliphatic carbocycles. The van der Waals surface area contributed by atoms with Gasteiger partial charge in [0.2, 0.25) is 0 Å². The summed E-state index contributed by atoms with van der Waals surface area (Å²) in [5.41, 5.74) is 13.5. The lowest BCUT2D eigenvalue weighted by atomic mass is 9.98. The molecular formula is C22H25Cl2FN4O4. The van der Waals surface area contributed by atoms with Crippen molar-refractivity contribution in [1.29, 1.82) is 0 Å². The topological polar surface area (TPSA) is 115 Å². The molecule has 178 valence electrons. The van der Waals surface area contributed by atoms with Gasteiger partial charge in [0, 0.05) is 23.4 Å². The van der Waals surface area contributed by atoms with Crippen LogP contribution in [0.2, 0.25) is 10.0 Å². The quantitative estimate of drug-likeness (QED) is 0.215. The van der Waals surface area contributed by atoms with Crippen LogP contribution in [0, 0.1) is 5.82 Å². The number of ether oxygens (including phenoxy) is 4. The highest BCUT2D eigenvalue weighted by molar-refractivity contribution is 6.42. The normalized spacial score (nSPS) is 11.3. The molecule has 0 radical (unpaired) electrons. The lowest BCUT2D eigenvalue weighted by Gasteiger charge is -2.14. The van der Waals surface area contributed by atoms with E-state index >= 15 is 0 Å². The van der Waals surface area contributed by atoms with E-state index < -0.39 is 5.82 Å². The van der Waals surface area contributed by atoms with E-state index in [9.17, 15) is 4.39 Å². The number of benzene rings is 2. The average molecular weight is 499 g/mol. The first-order valence-electron chi connectivity index (χ1n) is 10.3. The molecule has 0 saturated heterocycles. The lowest BCUT2D eigenvalue weighted by Crippen LogP contribution is -2.13. The third-order valence-electron chi connectivity index (χ3n) is 4.59. The average Bonchev–Trinajstić information content (AvgIpc) is 2.78. The Labute approximate surface area is 200 Å². The molecule has 8 nitrogen and oxygen atoms in total.